The molecular weight excluding hydrogens is 328 g/mol. The van der Waals surface area contributed by atoms with Gasteiger partial charge in [0.05, 0.1) is 11.1 Å². The Labute approximate surface area is 153 Å². The van der Waals surface area contributed by atoms with Crippen LogP contribution in [0.4, 0.5) is 0 Å². The summed E-state index contributed by atoms with van der Waals surface area (Å²) < 4.78 is 0. The number of imide groups is 1. The summed E-state index contributed by atoms with van der Waals surface area (Å²) >= 11 is 0. The van der Waals surface area contributed by atoms with Crippen LogP contribution in [0.5, 0.6) is 0 Å². The molecule has 3 rings (SSSR count). The first-order valence-corrected chi connectivity index (χ1v) is 8.67. The van der Waals surface area contributed by atoms with Crippen molar-refractivity contribution in [3.05, 3.63) is 71.3 Å². The predicted octanol–water partition coefficient (Wildman–Crippen LogP) is 2.97. The minimum Gasteiger partial charge on any atom is -0.340 e. The molecule has 26 heavy (non-hydrogen) atoms. The molecule has 1 atom stereocenters. The lowest BCUT2D eigenvalue weighted by Crippen LogP contribution is -2.52. The Hall–Kier alpha value is -2.95. The molecule has 0 spiro atoms. The highest BCUT2D eigenvalue weighted by molar-refractivity contribution is 6.22. The van der Waals surface area contributed by atoms with E-state index in [9.17, 15) is 14.4 Å². The van der Waals surface area contributed by atoms with E-state index in [0.29, 0.717) is 17.7 Å². The van der Waals surface area contributed by atoms with Gasteiger partial charge in [0.25, 0.3) is 11.8 Å². The molecule has 0 saturated carbocycles. The second-order valence-corrected chi connectivity index (χ2v) is 6.89. The van der Waals surface area contributed by atoms with Crippen LogP contribution < -0.4 is 0 Å². The fraction of sp³-hybridized carbons (Fsp3) is 0.286. The second-order valence-electron chi connectivity index (χ2n) is 6.89. The van der Waals surface area contributed by atoms with Crippen LogP contribution in [0, 0.1) is 5.92 Å². The van der Waals surface area contributed by atoms with E-state index in [2.05, 4.69) is 0 Å². The van der Waals surface area contributed by atoms with Gasteiger partial charge in [-0.1, -0.05) is 56.3 Å². The smallest absolute Gasteiger partial charge is 0.262 e. The highest BCUT2D eigenvalue weighted by Crippen LogP contribution is 2.28. The average Bonchev–Trinajstić information content (AvgIpc) is 2.88. The third kappa shape index (κ3) is 3.12. The quantitative estimate of drug-likeness (QED) is 0.779. The van der Waals surface area contributed by atoms with E-state index in [1.165, 1.54) is 0 Å². The van der Waals surface area contributed by atoms with Crippen molar-refractivity contribution in [3.63, 3.8) is 0 Å². The number of amides is 3. The van der Waals surface area contributed by atoms with Gasteiger partial charge in [0.1, 0.15) is 6.04 Å². The van der Waals surface area contributed by atoms with Crippen molar-refractivity contribution in [1.29, 1.82) is 0 Å². The molecule has 0 bridgehead atoms. The number of nitrogens with zero attached hydrogens (tertiary/aromatic N) is 2. The number of benzene rings is 2. The summed E-state index contributed by atoms with van der Waals surface area (Å²) in [6.07, 6.45) is 0. The van der Waals surface area contributed by atoms with Crippen LogP contribution in [-0.4, -0.2) is 40.6 Å². The number of likely N-dealkylation sites (N-methyl/N-ethyl adjacent to an activating group) is 1. The molecule has 5 heteroatoms. The van der Waals surface area contributed by atoms with Crippen LogP contribution in [0.3, 0.4) is 0 Å². The topological polar surface area (TPSA) is 57.7 Å². The van der Waals surface area contributed by atoms with E-state index in [0.717, 1.165) is 10.5 Å². The first-order valence-electron chi connectivity index (χ1n) is 8.67. The molecule has 3 amide bonds. The summed E-state index contributed by atoms with van der Waals surface area (Å²) in [6.45, 7) is 4.12. The second kappa shape index (κ2) is 7.12. The van der Waals surface area contributed by atoms with Gasteiger partial charge < -0.3 is 4.90 Å². The number of rotatable bonds is 5. The number of hydrogen-bond acceptors (Lipinski definition) is 3. The molecule has 1 aliphatic rings. The Morgan fingerprint density at radius 3 is 1.92 bits per heavy atom. The summed E-state index contributed by atoms with van der Waals surface area (Å²) in [7, 11) is 1.70. The minimum absolute atomic E-state index is 0.192. The Kier molecular flexibility index (Phi) is 4.89. The fourth-order valence-electron chi connectivity index (χ4n) is 3.32. The van der Waals surface area contributed by atoms with Gasteiger partial charge in [0.15, 0.2) is 0 Å². The van der Waals surface area contributed by atoms with Crippen LogP contribution in [-0.2, 0) is 11.3 Å². The standard InChI is InChI=1S/C21H22N2O3/c1-14(2)18(21(26)22(3)13-15-9-5-4-6-10-15)23-19(24)16-11-7-8-12-17(16)20(23)25/h4-12,14,18H,13H2,1-3H3/t18-/m1/s1. The van der Waals surface area contributed by atoms with Gasteiger partial charge in [-0.3, -0.25) is 19.3 Å². The van der Waals surface area contributed by atoms with Crippen LogP contribution in [0.1, 0.15) is 40.1 Å². The highest BCUT2D eigenvalue weighted by Gasteiger charge is 2.44. The fourth-order valence-corrected chi connectivity index (χ4v) is 3.32. The third-order valence-electron chi connectivity index (χ3n) is 4.63. The zero-order chi connectivity index (χ0) is 18.8. The maximum absolute atomic E-state index is 13.1. The summed E-state index contributed by atoms with van der Waals surface area (Å²) in [4.78, 5) is 41.3. The van der Waals surface area contributed by atoms with Crippen molar-refractivity contribution in [2.24, 2.45) is 5.92 Å². The number of carbonyl (C=O) groups is 3. The zero-order valence-corrected chi connectivity index (χ0v) is 15.2. The van der Waals surface area contributed by atoms with E-state index >= 15 is 0 Å². The average molecular weight is 350 g/mol. The van der Waals surface area contributed by atoms with Crippen molar-refractivity contribution in [1.82, 2.24) is 9.80 Å². The maximum atomic E-state index is 13.1. The minimum atomic E-state index is -0.823. The number of fused-ring (bicyclic) bond motifs is 1. The lowest BCUT2D eigenvalue weighted by molar-refractivity contribution is -0.136. The van der Waals surface area contributed by atoms with E-state index in [4.69, 9.17) is 0 Å². The van der Waals surface area contributed by atoms with E-state index in [1.807, 2.05) is 44.2 Å². The molecule has 0 N–H and O–H groups in total. The highest BCUT2D eigenvalue weighted by atomic mass is 16.2. The van der Waals surface area contributed by atoms with Gasteiger partial charge in [0.2, 0.25) is 5.91 Å². The van der Waals surface area contributed by atoms with Crippen molar-refractivity contribution < 1.29 is 14.4 Å². The van der Waals surface area contributed by atoms with Gasteiger partial charge in [-0.15, -0.1) is 0 Å². The summed E-state index contributed by atoms with van der Waals surface area (Å²) in [5.74, 6) is -1.22. The Bertz CT molecular complexity index is 810. The maximum Gasteiger partial charge on any atom is 0.262 e. The normalized spacial score (nSPS) is 14.5. The van der Waals surface area contributed by atoms with Crippen molar-refractivity contribution in [2.45, 2.75) is 26.4 Å². The summed E-state index contributed by atoms with van der Waals surface area (Å²) in [6, 6.07) is 15.5. The molecule has 0 fully saturated rings. The molecule has 2 aromatic carbocycles. The van der Waals surface area contributed by atoms with Crippen molar-refractivity contribution in [3.8, 4) is 0 Å². The largest absolute Gasteiger partial charge is 0.340 e. The molecule has 5 nitrogen and oxygen atoms in total. The Balaban J connectivity index is 1.87. The molecule has 134 valence electrons. The number of hydrogen-bond donors (Lipinski definition) is 0. The molecule has 2 aromatic rings. The third-order valence-corrected chi connectivity index (χ3v) is 4.63. The predicted molar refractivity (Wildman–Crippen MR) is 98.5 cm³/mol. The first kappa shape index (κ1) is 17.9. The lowest BCUT2D eigenvalue weighted by atomic mass is 10.0. The van der Waals surface area contributed by atoms with E-state index in [1.54, 1.807) is 36.2 Å². The van der Waals surface area contributed by atoms with Crippen LogP contribution in [0.25, 0.3) is 0 Å². The van der Waals surface area contributed by atoms with E-state index < -0.39 is 17.9 Å². The summed E-state index contributed by atoms with van der Waals surface area (Å²) in [5.41, 5.74) is 1.72. The van der Waals surface area contributed by atoms with Gasteiger partial charge >= 0.3 is 0 Å². The Morgan fingerprint density at radius 2 is 1.42 bits per heavy atom. The van der Waals surface area contributed by atoms with Crippen molar-refractivity contribution in [2.75, 3.05) is 7.05 Å². The molecule has 0 unspecified atom stereocenters. The number of carbonyl (C=O) groups excluding carboxylic acids is 3. The molecule has 0 saturated heterocycles. The van der Waals surface area contributed by atoms with Crippen molar-refractivity contribution >= 4 is 17.7 Å². The van der Waals surface area contributed by atoms with Gasteiger partial charge in [-0.25, -0.2) is 0 Å². The molecule has 0 aromatic heterocycles. The zero-order valence-electron chi connectivity index (χ0n) is 15.2. The van der Waals surface area contributed by atoms with E-state index in [-0.39, 0.29) is 11.8 Å². The molecular formula is C21H22N2O3. The molecule has 0 aliphatic carbocycles. The molecule has 0 radical (unpaired) electrons. The van der Waals surface area contributed by atoms with Gasteiger partial charge in [0, 0.05) is 13.6 Å². The van der Waals surface area contributed by atoms with Crippen LogP contribution in [0.15, 0.2) is 54.6 Å². The monoisotopic (exact) mass is 350 g/mol. The Morgan fingerprint density at radius 1 is 0.923 bits per heavy atom. The molecule has 1 heterocycles. The van der Waals surface area contributed by atoms with Gasteiger partial charge in [-0.05, 0) is 23.6 Å². The summed E-state index contributed by atoms with van der Waals surface area (Å²) in [5, 5.41) is 0. The first-order chi connectivity index (χ1) is 12.4. The van der Waals surface area contributed by atoms with Crippen LogP contribution >= 0.6 is 0 Å². The van der Waals surface area contributed by atoms with Gasteiger partial charge in [-0.2, -0.15) is 0 Å². The lowest BCUT2D eigenvalue weighted by Gasteiger charge is -2.32. The van der Waals surface area contributed by atoms with Crippen LogP contribution in [0.2, 0.25) is 0 Å². The molecule has 1 aliphatic heterocycles. The SMILES string of the molecule is CC(C)[C@H](C(=O)N(C)Cc1ccccc1)N1C(=O)c2ccccc2C1=O.